The van der Waals surface area contributed by atoms with Gasteiger partial charge in [0.2, 0.25) is 5.95 Å². The number of ether oxygens (including phenoxy) is 2. The summed E-state index contributed by atoms with van der Waals surface area (Å²) in [4.78, 5) is 27.9. The summed E-state index contributed by atoms with van der Waals surface area (Å²) in [5, 5.41) is 15.6. The zero-order valence-electron chi connectivity index (χ0n) is 27.2. The second-order valence-electron chi connectivity index (χ2n) is 11.8. The first kappa shape index (κ1) is 35.1. The van der Waals surface area contributed by atoms with Crippen molar-refractivity contribution in [3.05, 3.63) is 80.9 Å². The smallest absolute Gasteiger partial charge is 0.412 e. The number of anilines is 4. The number of nitriles is 1. The summed E-state index contributed by atoms with van der Waals surface area (Å²) in [6.07, 6.45) is 5.08. The van der Waals surface area contributed by atoms with E-state index < -0.39 is 29.4 Å². The summed E-state index contributed by atoms with van der Waals surface area (Å²) in [5.41, 5.74) is 5.66. The maximum Gasteiger partial charge on any atom is 0.412 e. The summed E-state index contributed by atoms with van der Waals surface area (Å²) in [6.45, 7) is 12.8. The minimum atomic E-state index is -0.878. The predicted octanol–water partition coefficient (Wildman–Crippen LogP) is 6.33. The van der Waals surface area contributed by atoms with Crippen molar-refractivity contribution in [1.82, 2.24) is 15.0 Å². The number of allylic oxidation sites excluding steroid dienone is 1. The summed E-state index contributed by atoms with van der Waals surface area (Å²) in [6, 6.07) is 5.20. The van der Waals surface area contributed by atoms with Gasteiger partial charge in [-0.15, -0.1) is 17.9 Å². The Morgan fingerprint density at radius 1 is 1.37 bits per heavy atom. The van der Waals surface area contributed by atoms with Crippen molar-refractivity contribution in [2.75, 3.05) is 41.5 Å². The van der Waals surface area contributed by atoms with Gasteiger partial charge in [0.05, 0.1) is 33.1 Å². The fourth-order valence-electron chi connectivity index (χ4n) is 5.39. The molecule has 5 rings (SSSR count). The minimum absolute atomic E-state index is 0.0117. The summed E-state index contributed by atoms with van der Waals surface area (Å²) in [7, 11) is 1.59. The molecule has 1 unspecified atom stereocenters. The molecule has 1 aliphatic heterocycles. The molecule has 254 valence electrons. The molecule has 4 heterocycles. The second-order valence-corrected chi connectivity index (χ2v) is 13.2. The monoisotopic (exact) mass is 706 g/mol. The highest BCUT2D eigenvalue weighted by Gasteiger charge is 2.33. The topological polar surface area (TPSA) is 151 Å². The van der Waals surface area contributed by atoms with E-state index in [0.29, 0.717) is 30.2 Å². The van der Waals surface area contributed by atoms with Gasteiger partial charge in [-0.2, -0.15) is 10.2 Å². The van der Waals surface area contributed by atoms with E-state index in [-0.39, 0.29) is 60.1 Å². The number of halogens is 3. The molecule has 0 saturated heterocycles. The number of hydrogen-bond acceptors (Lipinski definition) is 11. The van der Waals surface area contributed by atoms with E-state index in [1.807, 2.05) is 17.0 Å². The van der Waals surface area contributed by atoms with Crippen molar-refractivity contribution in [3.8, 4) is 11.8 Å². The van der Waals surface area contributed by atoms with Crippen LogP contribution in [0.15, 0.2) is 43.6 Å². The Morgan fingerprint density at radius 2 is 2.12 bits per heavy atom. The Bertz CT molecular complexity index is 2160. The van der Waals surface area contributed by atoms with E-state index in [0.717, 1.165) is 17.4 Å². The average Bonchev–Trinajstić information content (AvgIpc) is 3.27. The largest absolute Gasteiger partial charge is 0.489 e. The molecule has 1 aliphatic rings. The van der Waals surface area contributed by atoms with E-state index in [9.17, 15) is 10.1 Å². The lowest BCUT2D eigenvalue weighted by atomic mass is 10.0. The number of nitrogens with one attached hydrogen (secondary N) is 2. The summed E-state index contributed by atoms with van der Waals surface area (Å²) >= 11 is 7.69. The second kappa shape index (κ2) is 14.1. The van der Waals surface area contributed by atoms with Crippen molar-refractivity contribution < 1.29 is 23.0 Å². The highest BCUT2D eigenvalue weighted by Crippen LogP contribution is 2.46. The number of carbonyl (C=O) groups excluding carboxylic acids is 1. The first-order chi connectivity index (χ1) is 23.3. The molecule has 0 aliphatic carbocycles. The van der Waals surface area contributed by atoms with E-state index in [2.05, 4.69) is 33.8 Å². The number of hydrogen-bond donors (Lipinski definition) is 3. The summed E-state index contributed by atoms with van der Waals surface area (Å²) in [5.74, 6) is -0.843. The van der Waals surface area contributed by atoms with Crippen LogP contribution < -0.4 is 35.8 Å². The van der Waals surface area contributed by atoms with Gasteiger partial charge in [-0.1, -0.05) is 30.3 Å². The summed E-state index contributed by atoms with van der Waals surface area (Å²) < 4.78 is 43.5. The van der Waals surface area contributed by atoms with Crippen LogP contribution in [0.5, 0.6) is 5.75 Å². The lowest BCUT2D eigenvalue weighted by molar-refractivity contribution is 0.0636. The third-order valence-electron chi connectivity index (χ3n) is 7.42. The molecule has 15 heteroatoms. The Labute approximate surface area is 290 Å². The lowest BCUT2D eigenvalue weighted by Crippen LogP contribution is -2.33. The van der Waals surface area contributed by atoms with Crippen LogP contribution in [0.4, 0.5) is 36.2 Å². The van der Waals surface area contributed by atoms with Crippen molar-refractivity contribution in [2.24, 2.45) is 0 Å². The number of benzene rings is 1. The number of nitrogen functional groups attached to an aromatic ring is 1. The van der Waals surface area contributed by atoms with Crippen LogP contribution in [0, 0.1) is 17.1 Å². The number of thiophene rings is 1. The lowest BCUT2D eigenvalue weighted by Gasteiger charge is -2.32. The van der Waals surface area contributed by atoms with E-state index >= 15 is 8.78 Å². The van der Waals surface area contributed by atoms with Crippen molar-refractivity contribution in [2.45, 2.75) is 38.8 Å². The maximum absolute atomic E-state index is 16.9. The fraction of sp³-hybridized carbons (Fsp3) is 0.265. The number of amides is 1. The van der Waals surface area contributed by atoms with Gasteiger partial charge in [0.15, 0.2) is 11.6 Å². The van der Waals surface area contributed by atoms with Crippen LogP contribution in [0.3, 0.4) is 0 Å². The molecule has 3 aromatic heterocycles. The number of rotatable bonds is 8. The van der Waals surface area contributed by atoms with Crippen LogP contribution in [0.1, 0.15) is 49.9 Å². The van der Waals surface area contributed by atoms with Gasteiger partial charge in [0.1, 0.15) is 46.3 Å². The molecule has 0 spiro atoms. The molecule has 4 N–H and O–H groups in total. The van der Waals surface area contributed by atoms with Gasteiger partial charge < -0.3 is 25.4 Å². The van der Waals surface area contributed by atoms with Crippen LogP contribution in [-0.2, 0) is 4.74 Å². The first-order valence-electron chi connectivity index (χ1n) is 15.0. The Morgan fingerprint density at radius 3 is 2.76 bits per heavy atom. The average molecular weight is 707 g/mol. The van der Waals surface area contributed by atoms with Crippen molar-refractivity contribution in [3.63, 3.8) is 0 Å². The molecule has 0 saturated carbocycles. The molecule has 1 atom stereocenters. The molecule has 0 bridgehead atoms. The maximum atomic E-state index is 16.9. The van der Waals surface area contributed by atoms with Gasteiger partial charge in [0.25, 0.3) is 0 Å². The van der Waals surface area contributed by atoms with E-state index in [1.165, 1.54) is 6.08 Å². The first-order valence-corrected chi connectivity index (χ1v) is 16.2. The van der Waals surface area contributed by atoms with Crippen LogP contribution >= 0.6 is 22.9 Å². The fourth-order valence-corrected chi connectivity index (χ4v) is 6.73. The molecule has 0 radical (unpaired) electrons. The number of aromatic nitrogens is 3. The Hall–Kier alpha value is -5.26. The van der Waals surface area contributed by atoms with Gasteiger partial charge in [-0.25, -0.2) is 23.5 Å². The molecule has 4 aromatic rings. The van der Waals surface area contributed by atoms with Crippen LogP contribution in [0.25, 0.3) is 22.8 Å². The number of carbonyl (C=O) groups is 1. The molecule has 1 amide bonds. The normalized spacial score (nSPS) is 14.3. The van der Waals surface area contributed by atoms with Crippen molar-refractivity contribution in [1.29, 1.82) is 5.26 Å². The van der Waals surface area contributed by atoms with Gasteiger partial charge in [-0.05, 0) is 45.4 Å². The van der Waals surface area contributed by atoms with Gasteiger partial charge >= 0.3 is 6.09 Å². The minimum Gasteiger partial charge on any atom is -0.489 e. The Balaban J connectivity index is 1.80. The van der Waals surface area contributed by atoms with Gasteiger partial charge in [-0.3, -0.25) is 5.32 Å². The van der Waals surface area contributed by atoms with Crippen LogP contribution in [-0.4, -0.2) is 46.8 Å². The third kappa shape index (κ3) is 6.85. The zero-order valence-corrected chi connectivity index (χ0v) is 28.7. The van der Waals surface area contributed by atoms with E-state index in [1.54, 1.807) is 46.2 Å². The third-order valence-corrected chi connectivity index (χ3v) is 8.93. The molecular weight excluding hydrogens is 674 g/mol. The zero-order chi connectivity index (χ0) is 35.6. The molecular formula is C34H33ClF2N8O3S. The molecule has 0 fully saturated rings. The SMILES string of the molecule is C=CCC(c1cccnc1N)N1CCOc2c(Cl)c(/C=c3\c(C#N)c(NC(=O)OC(C)(C)C)s\c3=C(/F)C=C)c(F)c3nc(NC)nc1c23. The van der Waals surface area contributed by atoms with Crippen molar-refractivity contribution >= 4 is 74.4 Å². The molecule has 11 nitrogen and oxygen atoms in total. The van der Waals surface area contributed by atoms with Gasteiger partial charge in [0, 0.05) is 29.6 Å². The highest BCUT2D eigenvalue weighted by atomic mass is 35.5. The van der Waals surface area contributed by atoms with Crippen LogP contribution in [0.2, 0.25) is 5.02 Å². The standard InChI is InChI=1S/C34H33ClF2N8O3S/c1-7-10-22(17-11-9-12-41-29(17)39)45-13-14-47-27-23-26(42-32(40-6)43-30(23)45)25(37)19(24(27)35)15-18-20(16-38)31(49-28(18)21(36)8-2)44-33(46)48-34(3,4)5/h7-9,11-12,15,22H,1-2,10,13-14H2,3-6H3,(H2,39,41)(H,44,46)(H,40,42,43)/b18-15+,28-21-. The molecule has 1 aromatic carbocycles. The van der Waals surface area contributed by atoms with E-state index in [4.69, 9.17) is 31.8 Å². The molecule has 49 heavy (non-hydrogen) atoms. The predicted molar refractivity (Wildman–Crippen MR) is 190 cm³/mol. The number of nitrogens with two attached hydrogens (primary N) is 1. The number of pyridine rings is 1. The highest BCUT2D eigenvalue weighted by molar-refractivity contribution is 7.14. The number of nitrogens with zero attached hydrogens (tertiary/aromatic N) is 5. The quantitative estimate of drug-likeness (QED) is 0.177. The Kier molecular flexibility index (Phi) is 10.1.